The van der Waals surface area contributed by atoms with Crippen molar-refractivity contribution < 1.29 is 14.4 Å². The molecule has 0 aliphatic carbocycles. The van der Waals surface area contributed by atoms with Gasteiger partial charge in [-0.3, -0.25) is 24.3 Å². The number of barbiturate groups is 1. The van der Waals surface area contributed by atoms with Crippen molar-refractivity contribution in [2.45, 2.75) is 47.1 Å². The quantitative estimate of drug-likeness (QED) is 0.611. The molecule has 1 aromatic rings. The molecule has 1 spiro atoms. The van der Waals surface area contributed by atoms with E-state index in [0.717, 1.165) is 24.3 Å². The number of benzene rings is 1. The van der Waals surface area contributed by atoms with E-state index in [2.05, 4.69) is 16.7 Å². The second-order valence-electron chi connectivity index (χ2n) is 10.4. The van der Waals surface area contributed by atoms with E-state index in [0.29, 0.717) is 31.2 Å². The van der Waals surface area contributed by atoms with Crippen molar-refractivity contribution in [1.82, 2.24) is 14.7 Å². The molecule has 0 N–H and O–H groups in total. The summed E-state index contributed by atoms with van der Waals surface area (Å²) in [6, 6.07) is 4.93. The zero-order valence-electron chi connectivity index (χ0n) is 20.3. The number of nitrogens with zero attached hydrogens (tertiary/aromatic N) is 4. The van der Waals surface area contributed by atoms with E-state index < -0.39 is 11.4 Å². The number of hydrogen-bond acceptors (Lipinski definition) is 5. The van der Waals surface area contributed by atoms with Crippen molar-refractivity contribution in [3.05, 3.63) is 28.8 Å². The number of rotatable bonds is 5. The fourth-order valence-electron chi connectivity index (χ4n) is 5.61. The summed E-state index contributed by atoms with van der Waals surface area (Å²) in [6.45, 7) is 13.6. The van der Waals surface area contributed by atoms with Gasteiger partial charge in [-0.15, -0.1) is 0 Å². The Hall–Kier alpha value is -2.12. The molecule has 0 saturated carbocycles. The van der Waals surface area contributed by atoms with Gasteiger partial charge in [0, 0.05) is 49.9 Å². The van der Waals surface area contributed by atoms with E-state index in [4.69, 9.17) is 11.6 Å². The third kappa shape index (κ3) is 3.83. The van der Waals surface area contributed by atoms with E-state index in [-0.39, 0.29) is 36.1 Å². The van der Waals surface area contributed by atoms with Crippen LogP contribution in [0, 0.1) is 17.3 Å². The first-order valence-electron chi connectivity index (χ1n) is 12.1. The number of hydrogen-bond donors (Lipinski definition) is 0. The minimum Gasteiger partial charge on any atom is -0.364 e. The van der Waals surface area contributed by atoms with Crippen LogP contribution >= 0.6 is 11.6 Å². The van der Waals surface area contributed by atoms with Gasteiger partial charge in [0.1, 0.15) is 0 Å². The van der Waals surface area contributed by atoms with Crippen molar-refractivity contribution in [2.75, 3.05) is 44.2 Å². The number of piperazine rings is 1. The average Bonchev–Trinajstić information content (AvgIpc) is 2.78. The lowest BCUT2D eigenvalue weighted by Gasteiger charge is -2.57. The van der Waals surface area contributed by atoms with Crippen LogP contribution in [-0.2, 0) is 16.0 Å². The smallest absolute Gasteiger partial charge is 0.333 e. The van der Waals surface area contributed by atoms with Crippen molar-refractivity contribution in [3.63, 3.8) is 0 Å². The predicted octanol–water partition coefficient (Wildman–Crippen LogP) is 3.50. The monoisotopic (exact) mass is 474 g/mol. The first kappa shape index (κ1) is 24.0. The SMILES string of the molecule is CCN1CCN2c3cccc(Cl)c3CC3(C(=O)N(CC(C)C)C(=O)N(CC(C)C)C3=O)[C@H]2C1. The number of fused-ring (bicyclic) bond motifs is 4. The lowest BCUT2D eigenvalue weighted by molar-refractivity contribution is -0.162. The normalized spacial score (nSPS) is 23.1. The van der Waals surface area contributed by atoms with Crippen LogP contribution < -0.4 is 4.90 Å². The van der Waals surface area contributed by atoms with Gasteiger partial charge in [-0.05, 0) is 36.1 Å². The number of imide groups is 2. The van der Waals surface area contributed by atoms with Gasteiger partial charge < -0.3 is 4.90 Å². The van der Waals surface area contributed by atoms with Gasteiger partial charge in [-0.2, -0.15) is 0 Å². The predicted molar refractivity (Wildman–Crippen MR) is 129 cm³/mol. The Morgan fingerprint density at radius 2 is 1.61 bits per heavy atom. The first-order chi connectivity index (χ1) is 15.6. The molecule has 3 aliphatic rings. The molecule has 7 nitrogen and oxygen atoms in total. The Morgan fingerprint density at radius 1 is 1.00 bits per heavy atom. The van der Waals surface area contributed by atoms with Crippen LogP contribution in [0.1, 0.15) is 40.2 Å². The minimum absolute atomic E-state index is 0.0955. The number of carbonyl (C=O) groups is 3. The number of carbonyl (C=O) groups excluding carboxylic acids is 3. The first-order valence-corrected chi connectivity index (χ1v) is 12.4. The van der Waals surface area contributed by atoms with Gasteiger partial charge in [-0.1, -0.05) is 52.3 Å². The largest absolute Gasteiger partial charge is 0.364 e. The highest BCUT2D eigenvalue weighted by Crippen LogP contribution is 2.49. The highest BCUT2D eigenvalue weighted by atomic mass is 35.5. The molecule has 0 bridgehead atoms. The van der Waals surface area contributed by atoms with Crippen LogP contribution in [-0.4, -0.2) is 77.9 Å². The Kier molecular flexibility index (Phi) is 6.49. The lowest BCUT2D eigenvalue weighted by Crippen LogP contribution is -2.76. The van der Waals surface area contributed by atoms with E-state index >= 15 is 0 Å². The Morgan fingerprint density at radius 3 is 2.15 bits per heavy atom. The summed E-state index contributed by atoms with van der Waals surface area (Å²) in [5.74, 6) is -0.550. The van der Waals surface area contributed by atoms with E-state index in [1.54, 1.807) is 0 Å². The topological polar surface area (TPSA) is 64.2 Å². The van der Waals surface area contributed by atoms with E-state index in [1.165, 1.54) is 9.80 Å². The highest BCUT2D eigenvalue weighted by molar-refractivity contribution is 6.32. The number of amides is 4. The number of anilines is 1. The second kappa shape index (κ2) is 8.91. The number of likely N-dealkylation sites (N-methyl/N-ethyl adjacent to an activating group) is 1. The molecule has 3 aliphatic heterocycles. The van der Waals surface area contributed by atoms with Gasteiger partial charge in [-0.25, -0.2) is 4.79 Å². The molecule has 4 rings (SSSR count). The molecule has 0 aromatic heterocycles. The summed E-state index contributed by atoms with van der Waals surface area (Å²) >= 11 is 6.64. The maximum atomic E-state index is 14.2. The summed E-state index contributed by atoms with van der Waals surface area (Å²) in [4.78, 5) is 49.0. The molecular weight excluding hydrogens is 440 g/mol. The maximum Gasteiger partial charge on any atom is 0.333 e. The van der Waals surface area contributed by atoms with Gasteiger partial charge >= 0.3 is 6.03 Å². The number of halogens is 1. The number of urea groups is 1. The summed E-state index contributed by atoms with van der Waals surface area (Å²) in [5.41, 5.74) is 0.450. The zero-order chi connectivity index (χ0) is 24.1. The Labute approximate surface area is 201 Å². The van der Waals surface area contributed by atoms with Gasteiger partial charge in [0.2, 0.25) is 11.8 Å². The van der Waals surface area contributed by atoms with Crippen LogP contribution in [0.3, 0.4) is 0 Å². The lowest BCUT2D eigenvalue weighted by atomic mass is 9.67. The summed E-state index contributed by atoms with van der Waals surface area (Å²) in [5, 5.41) is 0.562. The second-order valence-corrected chi connectivity index (χ2v) is 10.8. The summed E-state index contributed by atoms with van der Waals surface area (Å²) in [7, 11) is 0. The fraction of sp³-hybridized carbons (Fsp3) is 0.640. The van der Waals surface area contributed by atoms with Gasteiger partial charge in [0.25, 0.3) is 0 Å². The van der Waals surface area contributed by atoms with Crippen molar-refractivity contribution in [1.29, 1.82) is 0 Å². The van der Waals surface area contributed by atoms with E-state index in [9.17, 15) is 14.4 Å². The van der Waals surface area contributed by atoms with Crippen LogP contribution in [0.15, 0.2) is 18.2 Å². The third-order valence-electron chi connectivity index (χ3n) is 7.15. The molecule has 4 amide bonds. The standard InChI is InChI=1S/C25H35ClN4O3/c1-6-27-10-11-28-20-9-7-8-19(26)18(20)12-25(21(28)15-27)22(31)29(13-16(2)3)24(33)30(23(25)32)14-17(4)5/h7-9,16-17,21H,6,10-15H2,1-5H3/t21-/m1/s1. The molecule has 1 aromatic carbocycles. The molecule has 2 fully saturated rings. The molecule has 8 heteroatoms. The summed E-state index contributed by atoms with van der Waals surface area (Å²) in [6.07, 6.45) is 0.217. The summed E-state index contributed by atoms with van der Waals surface area (Å²) < 4.78 is 0. The maximum absolute atomic E-state index is 14.2. The van der Waals surface area contributed by atoms with Crippen LogP contribution in [0.25, 0.3) is 0 Å². The van der Waals surface area contributed by atoms with Gasteiger partial charge in [0.15, 0.2) is 5.41 Å². The van der Waals surface area contributed by atoms with Crippen LogP contribution in [0.4, 0.5) is 10.5 Å². The molecular formula is C25H35ClN4O3. The van der Waals surface area contributed by atoms with Crippen molar-refractivity contribution in [2.24, 2.45) is 17.3 Å². The van der Waals surface area contributed by atoms with Crippen molar-refractivity contribution >= 4 is 35.1 Å². The molecule has 33 heavy (non-hydrogen) atoms. The molecule has 0 radical (unpaired) electrons. The highest BCUT2D eigenvalue weighted by Gasteiger charge is 2.65. The van der Waals surface area contributed by atoms with Gasteiger partial charge in [0.05, 0.1) is 6.04 Å². The van der Waals surface area contributed by atoms with E-state index in [1.807, 2.05) is 45.9 Å². The Bertz CT molecular complexity index is 931. The van der Waals surface area contributed by atoms with Crippen LogP contribution in [0.5, 0.6) is 0 Å². The average molecular weight is 475 g/mol. The minimum atomic E-state index is -1.37. The molecule has 3 heterocycles. The molecule has 1 atom stereocenters. The Balaban J connectivity index is 1.91. The van der Waals surface area contributed by atoms with Crippen molar-refractivity contribution in [3.8, 4) is 0 Å². The zero-order valence-corrected chi connectivity index (χ0v) is 21.1. The fourth-order valence-corrected chi connectivity index (χ4v) is 5.84. The molecule has 180 valence electrons. The molecule has 2 saturated heterocycles. The third-order valence-corrected chi connectivity index (χ3v) is 7.50. The van der Waals surface area contributed by atoms with Crippen LogP contribution in [0.2, 0.25) is 5.02 Å². The molecule has 0 unspecified atom stereocenters.